The van der Waals surface area contributed by atoms with Gasteiger partial charge in [0.1, 0.15) is 5.69 Å². The number of nitrogens with one attached hydrogen (secondary N) is 2. The van der Waals surface area contributed by atoms with Crippen molar-refractivity contribution in [3.8, 4) is 0 Å². The summed E-state index contributed by atoms with van der Waals surface area (Å²) in [5.74, 6) is -0.238. The number of benzene rings is 1. The smallest absolute Gasteiger partial charge is 0.340 e. The number of ether oxygens (including phenoxy) is 1. The van der Waals surface area contributed by atoms with Crippen molar-refractivity contribution in [1.82, 2.24) is 10.3 Å². The summed E-state index contributed by atoms with van der Waals surface area (Å²) in [7, 11) is 0. The Balaban J connectivity index is 1.61. The third-order valence-electron chi connectivity index (χ3n) is 5.49. The number of hydrogen-bond donors (Lipinski definition) is 2. The summed E-state index contributed by atoms with van der Waals surface area (Å²) < 4.78 is 5.09. The van der Waals surface area contributed by atoms with Crippen LogP contribution in [0.15, 0.2) is 18.2 Å². The standard InChI is InChI=1S/C22H28ClN3O3/c1-5-29-22(28)19-14(3)20(25-15(19)4)21(27)24-11-16-8-9-26(12-16)18-10-17(23)7-6-13(18)2/h6-7,10,16,25H,5,8-9,11-12H2,1-4H3,(H,24,27). The van der Waals surface area contributed by atoms with E-state index in [0.29, 0.717) is 41.6 Å². The number of aromatic nitrogens is 1. The van der Waals surface area contributed by atoms with Crippen LogP contribution in [0.3, 0.4) is 0 Å². The van der Waals surface area contributed by atoms with E-state index in [4.69, 9.17) is 16.3 Å². The van der Waals surface area contributed by atoms with E-state index >= 15 is 0 Å². The number of nitrogens with zero attached hydrogens (tertiary/aromatic N) is 1. The molecule has 29 heavy (non-hydrogen) atoms. The lowest BCUT2D eigenvalue weighted by molar-refractivity contribution is 0.0525. The number of esters is 1. The molecular formula is C22H28ClN3O3. The molecule has 1 saturated heterocycles. The summed E-state index contributed by atoms with van der Waals surface area (Å²) in [5, 5.41) is 3.75. The van der Waals surface area contributed by atoms with Crippen molar-refractivity contribution < 1.29 is 14.3 Å². The van der Waals surface area contributed by atoms with Gasteiger partial charge in [-0.1, -0.05) is 17.7 Å². The van der Waals surface area contributed by atoms with Gasteiger partial charge in [0.2, 0.25) is 0 Å². The van der Waals surface area contributed by atoms with Crippen LogP contribution < -0.4 is 10.2 Å². The van der Waals surface area contributed by atoms with Gasteiger partial charge in [-0.25, -0.2) is 4.79 Å². The molecule has 2 N–H and O–H groups in total. The molecule has 1 aliphatic rings. The van der Waals surface area contributed by atoms with E-state index < -0.39 is 5.97 Å². The fraction of sp³-hybridized carbons (Fsp3) is 0.455. The summed E-state index contributed by atoms with van der Waals surface area (Å²) in [4.78, 5) is 30.2. The SMILES string of the molecule is CCOC(=O)c1c(C)[nH]c(C(=O)NCC2CCN(c3cc(Cl)ccc3C)C2)c1C. The second-order valence-electron chi connectivity index (χ2n) is 7.59. The zero-order chi connectivity index (χ0) is 21.1. The highest BCUT2D eigenvalue weighted by Gasteiger charge is 2.26. The zero-order valence-electron chi connectivity index (χ0n) is 17.4. The normalized spacial score (nSPS) is 16.2. The first kappa shape index (κ1) is 21.2. The van der Waals surface area contributed by atoms with Crippen molar-refractivity contribution in [3.05, 3.63) is 51.3 Å². The van der Waals surface area contributed by atoms with Gasteiger partial charge in [0, 0.05) is 36.0 Å². The van der Waals surface area contributed by atoms with Crippen LogP contribution in [0.1, 0.15) is 51.0 Å². The molecule has 1 aromatic heterocycles. The summed E-state index contributed by atoms with van der Waals surface area (Å²) in [5.41, 5.74) is 4.49. The summed E-state index contributed by atoms with van der Waals surface area (Å²) in [6.45, 7) is 10.1. The van der Waals surface area contributed by atoms with E-state index in [2.05, 4.69) is 22.1 Å². The molecule has 1 aliphatic heterocycles. The highest BCUT2D eigenvalue weighted by atomic mass is 35.5. The fourth-order valence-corrected chi connectivity index (χ4v) is 4.12. The number of anilines is 1. The largest absolute Gasteiger partial charge is 0.462 e. The Labute approximate surface area is 176 Å². The molecule has 156 valence electrons. The van der Waals surface area contributed by atoms with Gasteiger partial charge < -0.3 is 19.9 Å². The predicted octanol–water partition coefficient (Wildman–Crippen LogP) is 4.03. The first-order chi connectivity index (χ1) is 13.8. The Bertz CT molecular complexity index is 922. The van der Waals surface area contributed by atoms with Crippen LogP contribution in [0.5, 0.6) is 0 Å². The minimum absolute atomic E-state index is 0.196. The quantitative estimate of drug-likeness (QED) is 0.696. The molecular weight excluding hydrogens is 390 g/mol. The number of carbonyl (C=O) groups excluding carboxylic acids is 2. The number of carbonyl (C=O) groups is 2. The molecule has 0 spiro atoms. The minimum Gasteiger partial charge on any atom is -0.462 e. The van der Waals surface area contributed by atoms with Crippen LogP contribution in [0.25, 0.3) is 0 Å². The van der Waals surface area contributed by atoms with E-state index in [9.17, 15) is 9.59 Å². The van der Waals surface area contributed by atoms with Gasteiger partial charge >= 0.3 is 5.97 Å². The van der Waals surface area contributed by atoms with E-state index in [1.165, 1.54) is 5.56 Å². The van der Waals surface area contributed by atoms with Crippen molar-refractivity contribution in [1.29, 1.82) is 0 Å². The van der Waals surface area contributed by atoms with Crippen molar-refractivity contribution in [2.45, 2.75) is 34.1 Å². The molecule has 1 aromatic carbocycles. The zero-order valence-corrected chi connectivity index (χ0v) is 18.2. The first-order valence-corrected chi connectivity index (χ1v) is 10.3. The number of amides is 1. The van der Waals surface area contributed by atoms with Gasteiger partial charge in [0.05, 0.1) is 12.2 Å². The Hall–Kier alpha value is -2.47. The number of aryl methyl sites for hydroxylation is 2. The molecule has 0 bridgehead atoms. The second-order valence-corrected chi connectivity index (χ2v) is 8.02. The van der Waals surface area contributed by atoms with Crippen molar-refractivity contribution in [3.63, 3.8) is 0 Å². The van der Waals surface area contributed by atoms with Gasteiger partial charge in [-0.15, -0.1) is 0 Å². The molecule has 1 fully saturated rings. The molecule has 0 saturated carbocycles. The Morgan fingerprint density at radius 3 is 2.79 bits per heavy atom. The lowest BCUT2D eigenvalue weighted by atomic mass is 10.1. The van der Waals surface area contributed by atoms with Crippen LogP contribution in [-0.2, 0) is 4.74 Å². The topological polar surface area (TPSA) is 74.4 Å². The molecule has 1 amide bonds. The van der Waals surface area contributed by atoms with Gasteiger partial charge in [0.25, 0.3) is 5.91 Å². The number of hydrogen-bond acceptors (Lipinski definition) is 4. The molecule has 0 radical (unpaired) electrons. The van der Waals surface area contributed by atoms with Gasteiger partial charge in [-0.2, -0.15) is 0 Å². The molecule has 3 rings (SSSR count). The van der Waals surface area contributed by atoms with Gasteiger partial charge in [-0.05, 0) is 63.3 Å². The third-order valence-corrected chi connectivity index (χ3v) is 5.73. The molecule has 0 aliphatic carbocycles. The maximum Gasteiger partial charge on any atom is 0.340 e. The molecule has 2 heterocycles. The van der Waals surface area contributed by atoms with E-state index in [0.717, 1.165) is 30.2 Å². The summed E-state index contributed by atoms with van der Waals surface area (Å²) in [6.07, 6.45) is 1.00. The Kier molecular flexibility index (Phi) is 6.52. The highest BCUT2D eigenvalue weighted by Crippen LogP contribution is 2.29. The van der Waals surface area contributed by atoms with E-state index in [1.54, 1.807) is 20.8 Å². The van der Waals surface area contributed by atoms with Gasteiger partial charge in [-0.3, -0.25) is 4.79 Å². The van der Waals surface area contributed by atoms with Crippen molar-refractivity contribution >= 4 is 29.2 Å². The lowest BCUT2D eigenvalue weighted by Crippen LogP contribution is -2.31. The van der Waals surface area contributed by atoms with Crippen LogP contribution in [-0.4, -0.2) is 43.1 Å². The Morgan fingerprint density at radius 2 is 2.07 bits per heavy atom. The molecule has 6 nitrogen and oxygen atoms in total. The second kappa shape index (κ2) is 8.91. The van der Waals surface area contributed by atoms with Crippen LogP contribution in [0.4, 0.5) is 5.69 Å². The number of aromatic amines is 1. The molecule has 2 aromatic rings. The molecule has 1 atom stereocenters. The van der Waals surface area contributed by atoms with E-state index in [-0.39, 0.29) is 5.91 Å². The summed E-state index contributed by atoms with van der Waals surface area (Å²) in [6, 6.07) is 5.93. The lowest BCUT2D eigenvalue weighted by Gasteiger charge is -2.21. The van der Waals surface area contributed by atoms with Gasteiger partial charge in [0.15, 0.2) is 0 Å². The minimum atomic E-state index is -0.402. The van der Waals surface area contributed by atoms with Crippen molar-refractivity contribution in [2.24, 2.45) is 5.92 Å². The van der Waals surface area contributed by atoms with Crippen molar-refractivity contribution in [2.75, 3.05) is 31.1 Å². The van der Waals surface area contributed by atoms with E-state index in [1.807, 2.05) is 18.2 Å². The number of rotatable bonds is 6. The fourth-order valence-electron chi connectivity index (χ4n) is 3.95. The first-order valence-electron chi connectivity index (χ1n) is 9.97. The predicted molar refractivity (Wildman–Crippen MR) is 115 cm³/mol. The molecule has 7 heteroatoms. The monoisotopic (exact) mass is 417 g/mol. The number of H-pyrrole nitrogens is 1. The van der Waals surface area contributed by atoms with Crippen LogP contribution in [0, 0.1) is 26.7 Å². The average molecular weight is 418 g/mol. The number of halogens is 1. The Morgan fingerprint density at radius 1 is 1.31 bits per heavy atom. The summed E-state index contributed by atoms with van der Waals surface area (Å²) >= 11 is 6.15. The third kappa shape index (κ3) is 4.58. The van der Waals surface area contributed by atoms with Crippen LogP contribution in [0.2, 0.25) is 5.02 Å². The maximum absolute atomic E-state index is 12.7. The maximum atomic E-state index is 12.7. The van der Waals surface area contributed by atoms with Crippen LogP contribution >= 0.6 is 11.6 Å². The highest BCUT2D eigenvalue weighted by molar-refractivity contribution is 6.30. The molecule has 1 unspecified atom stereocenters. The average Bonchev–Trinajstić information content (AvgIpc) is 3.26.